The van der Waals surface area contributed by atoms with Gasteiger partial charge in [-0.05, 0) is 17.7 Å². The second kappa shape index (κ2) is 7.90. The summed E-state index contributed by atoms with van der Waals surface area (Å²) in [5.41, 5.74) is 0.634. The van der Waals surface area contributed by atoms with E-state index in [2.05, 4.69) is 0 Å². The van der Waals surface area contributed by atoms with Crippen LogP contribution in [-0.4, -0.2) is 58.9 Å². The van der Waals surface area contributed by atoms with Crippen LogP contribution in [0.25, 0.3) is 0 Å². The molecular formula is C17H21FN2O4. The van der Waals surface area contributed by atoms with Gasteiger partial charge in [0.15, 0.2) is 0 Å². The Morgan fingerprint density at radius 2 is 1.58 bits per heavy atom. The monoisotopic (exact) mass is 336 g/mol. The molecule has 0 aliphatic carbocycles. The second-order valence-corrected chi connectivity index (χ2v) is 5.94. The van der Waals surface area contributed by atoms with E-state index in [1.165, 1.54) is 31.2 Å². The molecule has 130 valence electrons. The molecule has 1 aromatic carbocycles. The van der Waals surface area contributed by atoms with E-state index >= 15 is 0 Å². The van der Waals surface area contributed by atoms with Gasteiger partial charge in [-0.1, -0.05) is 12.1 Å². The topological polar surface area (TPSA) is 77.9 Å². The molecule has 0 radical (unpaired) electrons. The predicted octanol–water partition coefficient (Wildman–Crippen LogP) is 1.46. The van der Waals surface area contributed by atoms with Gasteiger partial charge >= 0.3 is 5.97 Å². The van der Waals surface area contributed by atoms with Gasteiger partial charge in [0, 0.05) is 45.4 Å². The van der Waals surface area contributed by atoms with E-state index in [9.17, 15) is 18.8 Å². The minimum Gasteiger partial charge on any atom is -0.481 e. The zero-order valence-corrected chi connectivity index (χ0v) is 13.6. The Hall–Kier alpha value is -2.44. The maximum atomic E-state index is 13.0. The number of nitrogens with zero attached hydrogens (tertiary/aromatic N) is 2. The predicted molar refractivity (Wildman–Crippen MR) is 84.8 cm³/mol. The number of hydrogen-bond acceptors (Lipinski definition) is 3. The molecule has 1 saturated heterocycles. The highest BCUT2D eigenvalue weighted by atomic mass is 19.1. The molecule has 0 aromatic heterocycles. The van der Waals surface area contributed by atoms with E-state index in [4.69, 9.17) is 5.11 Å². The summed E-state index contributed by atoms with van der Waals surface area (Å²) in [6.07, 6.45) is -0.136. The number of rotatable bonds is 5. The first-order chi connectivity index (χ1) is 11.4. The van der Waals surface area contributed by atoms with Crippen molar-refractivity contribution >= 4 is 17.8 Å². The van der Waals surface area contributed by atoms with Crippen molar-refractivity contribution in [1.82, 2.24) is 9.80 Å². The van der Waals surface area contributed by atoms with Gasteiger partial charge in [-0.3, -0.25) is 14.4 Å². The quantitative estimate of drug-likeness (QED) is 0.883. The number of piperazine rings is 1. The van der Waals surface area contributed by atoms with Crippen LogP contribution in [0.2, 0.25) is 0 Å². The number of amides is 2. The third kappa shape index (κ3) is 4.78. The standard InChI is InChI=1S/C17H21FN2O4/c1-12(21)19-6-8-20(9-7-19)16(22)10-14(11-17(23)24)13-2-4-15(18)5-3-13/h2-5,14H,6-11H2,1H3,(H,23,24). The highest BCUT2D eigenvalue weighted by molar-refractivity contribution is 5.79. The smallest absolute Gasteiger partial charge is 0.303 e. The molecule has 1 fully saturated rings. The zero-order chi connectivity index (χ0) is 17.7. The fourth-order valence-electron chi connectivity index (χ4n) is 2.86. The minimum atomic E-state index is -1.00. The molecule has 0 saturated carbocycles. The third-order valence-electron chi connectivity index (χ3n) is 4.26. The summed E-state index contributed by atoms with van der Waals surface area (Å²) in [6, 6.07) is 5.56. The van der Waals surface area contributed by atoms with Crippen LogP contribution in [0.15, 0.2) is 24.3 Å². The van der Waals surface area contributed by atoms with Crippen LogP contribution in [0.4, 0.5) is 4.39 Å². The fraction of sp³-hybridized carbons (Fsp3) is 0.471. The molecule has 0 spiro atoms. The largest absolute Gasteiger partial charge is 0.481 e. The van der Waals surface area contributed by atoms with E-state index in [0.29, 0.717) is 31.7 Å². The summed E-state index contributed by atoms with van der Waals surface area (Å²) in [6.45, 7) is 3.36. The Bertz CT molecular complexity index is 610. The Morgan fingerprint density at radius 1 is 1.04 bits per heavy atom. The molecule has 1 heterocycles. The van der Waals surface area contributed by atoms with E-state index in [0.717, 1.165) is 0 Å². The first-order valence-electron chi connectivity index (χ1n) is 7.87. The summed E-state index contributed by atoms with van der Waals surface area (Å²) in [5.74, 6) is -2.06. The Kier molecular flexibility index (Phi) is 5.89. The molecule has 0 bridgehead atoms. The maximum Gasteiger partial charge on any atom is 0.303 e. The first kappa shape index (κ1) is 17.9. The summed E-state index contributed by atoms with van der Waals surface area (Å²) in [4.78, 5) is 38.2. The van der Waals surface area contributed by atoms with E-state index in [-0.39, 0.29) is 24.7 Å². The van der Waals surface area contributed by atoms with Crippen molar-refractivity contribution in [3.05, 3.63) is 35.6 Å². The second-order valence-electron chi connectivity index (χ2n) is 5.94. The zero-order valence-electron chi connectivity index (χ0n) is 13.6. The van der Waals surface area contributed by atoms with Crippen LogP contribution in [0.3, 0.4) is 0 Å². The summed E-state index contributed by atoms with van der Waals surface area (Å²) in [5, 5.41) is 9.08. The Balaban J connectivity index is 2.01. The van der Waals surface area contributed by atoms with E-state index in [1.54, 1.807) is 9.80 Å². The van der Waals surface area contributed by atoms with Crippen LogP contribution >= 0.6 is 0 Å². The molecule has 6 nitrogen and oxygen atoms in total. The number of halogens is 1. The Labute approximate surface area is 139 Å². The van der Waals surface area contributed by atoms with Crippen molar-refractivity contribution in [3.8, 4) is 0 Å². The number of carboxylic acid groups (broad SMARTS) is 1. The van der Waals surface area contributed by atoms with Gasteiger partial charge in [0.05, 0.1) is 6.42 Å². The molecule has 1 aliphatic rings. The third-order valence-corrected chi connectivity index (χ3v) is 4.26. The van der Waals surface area contributed by atoms with Crippen LogP contribution in [0.5, 0.6) is 0 Å². The van der Waals surface area contributed by atoms with E-state index < -0.39 is 17.7 Å². The average molecular weight is 336 g/mol. The van der Waals surface area contributed by atoms with Gasteiger partial charge in [0.25, 0.3) is 0 Å². The number of carbonyl (C=O) groups excluding carboxylic acids is 2. The van der Waals surface area contributed by atoms with Gasteiger partial charge < -0.3 is 14.9 Å². The average Bonchev–Trinajstić information content (AvgIpc) is 2.54. The molecule has 1 N–H and O–H groups in total. The molecule has 2 rings (SSSR count). The molecule has 24 heavy (non-hydrogen) atoms. The first-order valence-corrected chi connectivity index (χ1v) is 7.87. The van der Waals surface area contributed by atoms with Crippen molar-refractivity contribution in [2.45, 2.75) is 25.7 Å². The van der Waals surface area contributed by atoms with Crippen LogP contribution < -0.4 is 0 Å². The molecule has 1 aromatic rings. The van der Waals surface area contributed by atoms with Crippen LogP contribution in [0, 0.1) is 5.82 Å². The highest BCUT2D eigenvalue weighted by Gasteiger charge is 2.26. The lowest BCUT2D eigenvalue weighted by molar-refractivity contribution is -0.140. The van der Waals surface area contributed by atoms with Crippen LogP contribution in [-0.2, 0) is 14.4 Å². The van der Waals surface area contributed by atoms with Crippen molar-refractivity contribution in [2.75, 3.05) is 26.2 Å². The van der Waals surface area contributed by atoms with Gasteiger partial charge in [0.2, 0.25) is 11.8 Å². The molecular weight excluding hydrogens is 315 g/mol. The lowest BCUT2D eigenvalue weighted by atomic mass is 9.92. The molecule has 7 heteroatoms. The maximum absolute atomic E-state index is 13.0. The summed E-state index contributed by atoms with van der Waals surface area (Å²) in [7, 11) is 0. The lowest BCUT2D eigenvalue weighted by Crippen LogP contribution is -2.50. The summed E-state index contributed by atoms with van der Waals surface area (Å²) >= 11 is 0. The Morgan fingerprint density at radius 3 is 2.08 bits per heavy atom. The van der Waals surface area contributed by atoms with Crippen molar-refractivity contribution in [3.63, 3.8) is 0 Å². The van der Waals surface area contributed by atoms with Crippen molar-refractivity contribution in [1.29, 1.82) is 0 Å². The number of aliphatic carboxylic acids is 1. The molecule has 1 aliphatic heterocycles. The number of benzene rings is 1. The van der Waals surface area contributed by atoms with Gasteiger partial charge in [-0.2, -0.15) is 0 Å². The summed E-state index contributed by atoms with van der Waals surface area (Å²) < 4.78 is 13.0. The highest BCUT2D eigenvalue weighted by Crippen LogP contribution is 2.25. The minimum absolute atomic E-state index is 0.0165. The van der Waals surface area contributed by atoms with Gasteiger partial charge in [-0.25, -0.2) is 4.39 Å². The molecule has 1 unspecified atom stereocenters. The normalized spacial score (nSPS) is 15.9. The lowest BCUT2D eigenvalue weighted by Gasteiger charge is -2.35. The number of hydrogen-bond donors (Lipinski definition) is 1. The number of carboxylic acids is 1. The van der Waals surface area contributed by atoms with Gasteiger partial charge in [0.1, 0.15) is 5.82 Å². The van der Waals surface area contributed by atoms with Gasteiger partial charge in [-0.15, -0.1) is 0 Å². The fourth-order valence-corrected chi connectivity index (χ4v) is 2.86. The van der Waals surface area contributed by atoms with Crippen molar-refractivity contribution in [2.24, 2.45) is 0 Å². The SMILES string of the molecule is CC(=O)N1CCN(C(=O)CC(CC(=O)O)c2ccc(F)cc2)CC1. The number of carbonyl (C=O) groups is 3. The van der Waals surface area contributed by atoms with E-state index in [1.807, 2.05) is 0 Å². The van der Waals surface area contributed by atoms with Crippen LogP contribution in [0.1, 0.15) is 31.2 Å². The van der Waals surface area contributed by atoms with Crippen molar-refractivity contribution < 1.29 is 23.9 Å². The molecule has 2 amide bonds. The molecule has 1 atom stereocenters.